The minimum Gasteiger partial charge on any atom is -0.458 e. The molecule has 0 fully saturated rings. The first-order chi connectivity index (χ1) is 6.43. The van der Waals surface area contributed by atoms with Crippen molar-refractivity contribution in [3.8, 4) is 0 Å². The summed E-state index contributed by atoms with van der Waals surface area (Å²) in [6.45, 7) is 1.91. The van der Waals surface area contributed by atoms with Crippen LogP contribution in [-0.4, -0.2) is 48.3 Å². The van der Waals surface area contributed by atoms with Gasteiger partial charge in [-0.3, -0.25) is 9.59 Å². The minimum absolute atomic E-state index is 0.149. The van der Waals surface area contributed by atoms with E-state index in [9.17, 15) is 14.4 Å². The quantitative estimate of drug-likeness (QED) is 0.488. The van der Waals surface area contributed by atoms with Gasteiger partial charge in [-0.1, -0.05) is 0 Å². The highest BCUT2D eigenvalue weighted by Gasteiger charge is 2.18. The minimum atomic E-state index is -0.966. The van der Waals surface area contributed by atoms with Gasteiger partial charge in [0.15, 0.2) is 5.12 Å². The lowest BCUT2D eigenvalue weighted by molar-refractivity contribution is -0.150. The van der Waals surface area contributed by atoms with Gasteiger partial charge in [0.05, 0.1) is 0 Å². The molecular weight excluding hydrogens is 206 g/mol. The molecule has 0 N–H and O–H groups in total. The first kappa shape index (κ1) is 13.1. The van der Waals surface area contributed by atoms with E-state index in [1.807, 2.05) is 19.0 Å². The van der Waals surface area contributed by atoms with Crippen molar-refractivity contribution in [2.75, 3.05) is 27.2 Å². The van der Waals surface area contributed by atoms with Crippen LogP contribution in [0.5, 0.6) is 0 Å². The molecule has 0 aliphatic heterocycles. The molecule has 0 aromatic rings. The van der Waals surface area contributed by atoms with Crippen molar-refractivity contribution in [1.29, 1.82) is 0 Å². The van der Waals surface area contributed by atoms with Crippen LogP contribution in [0.4, 0.5) is 0 Å². The fourth-order valence-corrected chi connectivity index (χ4v) is 0.955. The highest BCUT2D eigenvalue weighted by Crippen LogP contribution is 2.03. The highest BCUT2D eigenvalue weighted by atomic mass is 32.2. The van der Waals surface area contributed by atoms with Crippen molar-refractivity contribution in [2.45, 2.75) is 6.92 Å². The molecule has 0 heterocycles. The zero-order chi connectivity index (χ0) is 11.1. The van der Waals surface area contributed by atoms with Crippen molar-refractivity contribution in [1.82, 2.24) is 4.90 Å². The topological polar surface area (TPSA) is 63.7 Å². The Bertz CT molecular complexity index is 239. The number of thioether (sulfide) groups is 1. The number of carbonyl (C=O) groups is 3. The molecule has 0 rings (SSSR count). The second-order valence-electron chi connectivity index (χ2n) is 2.82. The Morgan fingerprint density at radius 1 is 1.29 bits per heavy atom. The van der Waals surface area contributed by atoms with E-state index in [-0.39, 0.29) is 6.61 Å². The first-order valence-electron chi connectivity index (χ1n) is 3.97. The van der Waals surface area contributed by atoms with Crippen LogP contribution < -0.4 is 0 Å². The lowest BCUT2D eigenvalue weighted by atomic mass is 10.6. The number of esters is 1. The zero-order valence-corrected chi connectivity index (χ0v) is 9.22. The summed E-state index contributed by atoms with van der Waals surface area (Å²) in [5.74, 6) is -0.966. The van der Waals surface area contributed by atoms with E-state index in [2.05, 4.69) is 4.74 Å². The Hall–Kier alpha value is -0.880. The van der Waals surface area contributed by atoms with Gasteiger partial charge in [0.25, 0.3) is 0 Å². The van der Waals surface area contributed by atoms with E-state index in [4.69, 9.17) is 0 Å². The Morgan fingerprint density at radius 2 is 1.86 bits per heavy atom. The molecule has 14 heavy (non-hydrogen) atoms. The van der Waals surface area contributed by atoms with E-state index in [0.717, 1.165) is 0 Å². The van der Waals surface area contributed by atoms with Crippen LogP contribution in [0.25, 0.3) is 0 Å². The molecule has 0 aromatic carbocycles. The summed E-state index contributed by atoms with van der Waals surface area (Å²) in [5, 5.41) is -1.28. The van der Waals surface area contributed by atoms with Gasteiger partial charge in [-0.05, 0) is 25.9 Å². The van der Waals surface area contributed by atoms with Gasteiger partial charge in [-0.25, -0.2) is 4.79 Å². The fourth-order valence-electron chi connectivity index (χ4n) is 0.552. The lowest BCUT2D eigenvalue weighted by Crippen LogP contribution is -2.23. The van der Waals surface area contributed by atoms with E-state index >= 15 is 0 Å². The first-order valence-corrected chi connectivity index (χ1v) is 4.79. The van der Waals surface area contributed by atoms with Crippen LogP contribution in [0.3, 0.4) is 0 Å². The Kier molecular flexibility index (Phi) is 6.14. The molecule has 0 aromatic heterocycles. The van der Waals surface area contributed by atoms with Gasteiger partial charge in [0.2, 0.25) is 0 Å². The Labute approximate surface area is 86.8 Å². The monoisotopic (exact) mass is 219 g/mol. The van der Waals surface area contributed by atoms with Gasteiger partial charge < -0.3 is 9.64 Å². The third-order valence-corrected chi connectivity index (χ3v) is 1.81. The Morgan fingerprint density at radius 3 is 2.29 bits per heavy atom. The molecule has 0 bridgehead atoms. The fraction of sp³-hybridized carbons (Fsp3) is 0.625. The third-order valence-electron chi connectivity index (χ3n) is 1.17. The third kappa shape index (κ3) is 6.62. The summed E-state index contributed by atoms with van der Waals surface area (Å²) in [5.41, 5.74) is 0. The van der Waals surface area contributed by atoms with Crippen LogP contribution in [-0.2, 0) is 19.1 Å². The summed E-state index contributed by atoms with van der Waals surface area (Å²) >= 11 is 0.355. The molecule has 0 radical (unpaired) electrons. The van der Waals surface area contributed by atoms with Crippen molar-refractivity contribution >= 4 is 28.0 Å². The summed E-state index contributed by atoms with van der Waals surface area (Å²) < 4.78 is 4.61. The van der Waals surface area contributed by atoms with Crippen LogP contribution in [0.1, 0.15) is 6.92 Å². The van der Waals surface area contributed by atoms with Gasteiger partial charge >= 0.3 is 11.1 Å². The summed E-state index contributed by atoms with van der Waals surface area (Å²) in [7, 11) is 3.64. The molecule has 5 nitrogen and oxygen atoms in total. The average Bonchev–Trinajstić information content (AvgIpc) is 2.01. The summed E-state index contributed by atoms with van der Waals surface area (Å²) in [6.07, 6.45) is 0. The Balaban J connectivity index is 3.74. The number of hydrogen-bond donors (Lipinski definition) is 0. The normalized spacial score (nSPS) is 10.0. The van der Waals surface area contributed by atoms with Gasteiger partial charge in [0.1, 0.15) is 6.61 Å². The van der Waals surface area contributed by atoms with Gasteiger partial charge in [-0.2, -0.15) is 0 Å². The maximum Gasteiger partial charge on any atom is 0.386 e. The second-order valence-corrected chi connectivity index (χ2v) is 3.97. The molecule has 0 saturated heterocycles. The summed E-state index contributed by atoms with van der Waals surface area (Å²) in [4.78, 5) is 34.1. The van der Waals surface area contributed by atoms with Crippen LogP contribution in [0, 0.1) is 0 Å². The lowest BCUT2D eigenvalue weighted by Gasteiger charge is -2.08. The molecule has 0 aliphatic carbocycles. The van der Waals surface area contributed by atoms with Crippen LogP contribution >= 0.6 is 11.8 Å². The number of ether oxygens (including phenoxy) is 1. The summed E-state index contributed by atoms with van der Waals surface area (Å²) in [6, 6.07) is 0. The molecule has 0 unspecified atom stereocenters. The predicted molar refractivity (Wildman–Crippen MR) is 52.8 cm³/mol. The molecule has 0 spiro atoms. The number of likely N-dealkylation sites (N-methyl/N-ethyl adjacent to an activating group) is 1. The SMILES string of the molecule is CC(=O)SC(=O)C(=O)OCCN(C)C. The number of nitrogens with zero attached hydrogens (tertiary/aromatic N) is 1. The van der Waals surface area contributed by atoms with E-state index in [1.165, 1.54) is 6.92 Å². The second kappa shape index (κ2) is 6.56. The molecule has 0 aliphatic rings. The number of carbonyl (C=O) groups excluding carboxylic acids is 3. The maximum absolute atomic E-state index is 10.9. The highest BCUT2D eigenvalue weighted by molar-refractivity contribution is 8.27. The maximum atomic E-state index is 10.9. The van der Waals surface area contributed by atoms with E-state index in [0.29, 0.717) is 18.3 Å². The van der Waals surface area contributed by atoms with Crippen LogP contribution in [0.15, 0.2) is 0 Å². The molecule has 80 valence electrons. The number of hydrogen-bond acceptors (Lipinski definition) is 6. The molecule has 0 atom stereocenters. The predicted octanol–water partition coefficient (Wildman–Crippen LogP) is -0.103. The molecular formula is C8H13NO4S. The van der Waals surface area contributed by atoms with E-state index in [1.54, 1.807) is 0 Å². The van der Waals surface area contributed by atoms with E-state index < -0.39 is 16.2 Å². The largest absolute Gasteiger partial charge is 0.458 e. The van der Waals surface area contributed by atoms with Crippen molar-refractivity contribution < 1.29 is 19.1 Å². The van der Waals surface area contributed by atoms with Crippen molar-refractivity contribution in [3.05, 3.63) is 0 Å². The van der Waals surface area contributed by atoms with Gasteiger partial charge in [0, 0.05) is 13.5 Å². The smallest absolute Gasteiger partial charge is 0.386 e. The average molecular weight is 219 g/mol. The number of rotatable bonds is 3. The molecule has 0 amide bonds. The van der Waals surface area contributed by atoms with Gasteiger partial charge in [-0.15, -0.1) is 0 Å². The molecule has 0 saturated carbocycles. The molecule has 6 heteroatoms. The standard InChI is InChI=1S/C8H13NO4S/c1-6(10)14-8(12)7(11)13-5-4-9(2)3/h4-5H2,1-3H3. The van der Waals surface area contributed by atoms with Crippen molar-refractivity contribution in [2.24, 2.45) is 0 Å². The van der Waals surface area contributed by atoms with Crippen molar-refractivity contribution in [3.63, 3.8) is 0 Å². The zero-order valence-electron chi connectivity index (χ0n) is 8.40. The van der Waals surface area contributed by atoms with Crippen LogP contribution in [0.2, 0.25) is 0 Å².